The molecule has 0 bridgehead atoms. The molecule has 1 aromatic heterocycles. The molecule has 0 unspecified atom stereocenters. The molecule has 1 N–H and O–H groups in total. The van der Waals surface area contributed by atoms with Crippen LogP contribution in [-0.2, 0) is 4.79 Å². The van der Waals surface area contributed by atoms with Gasteiger partial charge in [0.15, 0.2) is 4.34 Å². The highest BCUT2D eigenvalue weighted by atomic mass is 32.2. The second kappa shape index (κ2) is 5.75. The number of carbonyl (C=O) groups excluding carboxylic acids is 1. The largest absolute Gasteiger partial charge is 0.353 e. The number of rotatable bonds is 5. The van der Waals surface area contributed by atoms with Crippen molar-refractivity contribution in [1.82, 2.24) is 10.3 Å². The van der Waals surface area contributed by atoms with Crippen LogP contribution in [0, 0.1) is 0 Å². The van der Waals surface area contributed by atoms with Gasteiger partial charge in [0, 0.05) is 17.0 Å². The van der Waals surface area contributed by atoms with Crippen molar-refractivity contribution in [3.63, 3.8) is 0 Å². The van der Waals surface area contributed by atoms with Crippen LogP contribution in [0.5, 0.6) is 0 Å². The van der Waals surface area contributed by atoms with Crippen LogP contribution in [0.4, 0.5) is 0 Å². The Labute approximate surface area is 120 Å². The van der Waals surface area contributed by atoms with Gasteiger partial charge < -0.3 is 5.32 Å². The molecule has 0 spiro atoms. The summed E-state index contributed by atoms with van der Waals surface area (Å²) in [4.78, 5) is 16.1. The van der Waals surface area contributed by atoms with E-state index in [1.807, 2.05) is 35.7 Å². The van der Waals surface area contributed by atoms with E-state index >= 15 is 0 Å². The van der Waals surface area contributed by atoms with E-state index in [0.29, 0.717) is 11.8 Å². The second-order valence-electron chi connectivity index (χ2n) is 4.50. The quantitative estimate of drug-likeness (QED) is 0.860. The van der Waals surface area contributed by atoms with Crippen LogP contribution >= 0.6 is 23.1 Å². The summed E-state index contributed by atoms with van der Waals surface area (Å²) in [6.45, 7) is 0. The van der Waals surface area contributed by atoms with Crippen LogP contribution in [-0.4, -0.2) is 22.7 Å². The second-order valence-corrected chi connectivity index (χ2v) is 6.58. The van der Waals surface area contributed by atoms with Crippen LogP contribution < -0.4 is 5.32 Å². The number of hydrogen-bond donors (Lipinski definition) is 1. The van der Waals surface area contributed by atoms with Crippen molar-refractivity contribution in [3.8, 4) is 11.3 Å². The number of thiazole rings is 1. The third-order valence-corrected chi connectivity index (χ3v) is 4.84. The van der Waals surface area contributed by atoms with Gasteiger partial charge in [-0.3, -0.25) is 4.79 Å². The van der Waals surface area contributed by atoms with Crippen molar-refractivity contribution in [2.24, 2.45) is 0 Å². The van der Waals surface area contributed by atoms with Crippen LogP contribution in [0.25, 0.3) is 11.3 Å². The number of hydrogen-bond acceptors (Lipinski definition) is 4. The van der Waals surface area contributed by atoms with Crippen molar-refractivity contribution in [3.05, 3.63) is 35.7 Å². The first-order valence-electron chi connectivity index (χ1n) is 6.24. The summed E-state index contributed by atoms with van der Waals surface area (Å²) in [6, 6.07) is 10.5. The van der Waals surface area contributed by atoms with Gasteiger partial charge >= 0.3 is 0 Å². The Morgan fingerprint density at radius 1 is 1.37 bits per heavy atom. The van der Waals surface area contributed by atoms with Crippen LogP contribution in [0.3, 0.4) is 0 Å². The smallest absolute Gasteiger partial charge is 0.230 e. The van der Waals surface area contributed by atoms with Gasteiger partial charge in [0.1, 0.15) is 0 Å². The van der Waals surface area contributed by atoms with Crippen molar-refractivity contribution in [2.45, 2.75) is 23.2 Å². The molecule has 1 saturated carbocycles. The summed E-state index contributed by atoms with van der Waals surface area (Å²) in [5, 5.41) is 5.02. The third kappa shape index (κ3) is 3.58. The molecule has 19 heavy (non-hydrogen) atoms. The van der Waals surface area contributed by atoms with Crippen LogP contribution in [0.1, 0.15) is 12.8 Å². The predicted molar refractivity (Wildman–Crippen MR) is 79.4 cm³/mol. The van der Waals surface area contributed by atoms with Gasteiger partial charge in [-0.25, -0.2) is 4.98 Å². The van der Waals surface area contributed by atoms with Crippen molar-refractivity contribution >= 4 is 29.0 Å². The average Bonchev–Trinajstić information content (AvgIpc) is 3.12. The number of carbonyl (C=O) groups is 1. The normalized spacial score (nSPS) is 14.3. The molecule has 2 aromatic rings. The number of nitrogens with zero attached hydrogens (tertiary/aromatic N) is 1. The summed E-state index contributed by atoms with van der Waals surface area (Å²) in [6.07, 6.45) is 2.26. The minimum atomic E-state index is 0.115. The Morgan fingerprint density at radius 2 is 2.16 bits per heavy atom. The number of amides is 1. The summed E-state index contributed by atoms with van der Waals surface area (Å²) < 4.78 is 0.949. The molecule has 1 amide bonds. The fourth-order valence-corrected chi connectivity index (χ4v) is 3.34. The SMILES string of the molecule is O=C(CSc1nc(-c2ccccc2)cs1)NC1CC1. The molecule has 1 aliphatic rings. The highest BCUT2D eigenvalue weighted by molar-refractivity contribution is 8.01. The van der Waals surface area contributed by atoms with Crippen molar-refractivity contribution in [2.75, 3.05) is 5.75 Å². The Hall–Kier alpha value is -1.33. The summed E-state index contributed by atoms with van der Waals surface area (Å²) in [7, 11) is 0. The van der Waals surface area contributed by atoms with Crippen LogP contribution in [0.2, 0.25) is 0 Å². The molecule has 0 radical (unpaired) electrons. The standard InChI is InChI=1S/C14H14N2OS2/c17-13(15-11-6-7-11)9-19-14-16-12(8-18-14)10-4-2-1-3-5-10/h1-5,8,11H,6-7,9H2,(H,15,17). The van der Waals surface area contributed by atoms with Gasteiger partial charge in [-0.15, -0.1) is 11.3 Å². The summed E-state index contributed by atoms with van der Waals surface area (Å²) in [5.41, 5.74) is 2.10. The average molecular weight is 290 g/mol. The van der Waals surface area contributed by atoms with Crippen LogP contribution in [0.15, 0.2) is 40.1 Å². The zero-order valence-corrected chi connectivity index (χ0v) is 12.0. The highest BCUT2D eigenvalue weighted by Crippen LogP contribution is 2.28. The van der Waals surface area contributed by atoms with E-state index in [2.05, 4.69) is 10.3 Å². The third-order valence-electron chi connectivity index (χ3n) is 2.82. The highest BCUT2D eigenvalue weighted by Gasteiger charge is 2.23. The van der Waals surface area contributed by atoms with Crippen molar-refractivity contribution in [1.29, 1.82) is 0 Å². The van der Waals surface area contributed by atoms with E-state index in [1.165, 1.54) is 11.8 Å². The number of nitrogens with one attached hydrogen (secondary N) is 1. The van der Waals surface area contributed by atoms with E-state index in [4.69, 9.17) is 0 Å². The fraction of sp³-hybridized carbons (Fsp3) is 0.286. The maximum absolute atomic E-state index is 11.6. The number of thioether (sulfide) groups is 1. The topological polar surface area (TPSA) is 42.0 Å². The lowest BCUT2D eigenvalue weighted by Gasteiger charge is -2.00. The molecule has 0 atom stereocenters. The Bertz CT molecular complexity index is 564. The molecule has 1 heterocycles. The predicted octanol–water partition coefficient (Wildman–Crippen LogP) is 3.18. The number of benzene rings is 1. The van der Waals surface area contributed by atoms with E-state index in [-0.39, 0.29) is 5.91 Å². The molecule has 5 heteroatoms. The first-order valence-corrected chi connectivity index (χ1v) is 8.11. The molecule has 1 aromatic carbocycles. The van der Waals surface area contributed by atoms with E-state index in [1.54, 1.807) is 11.3 Å². The summed E-state index contributed by atoms with van der Waals surface area (Å²) >= 11 is 3.10. The minimum Gasteiger partial charge on any atom is -0.353 e. The van der Waals surface area contributed by atoms with Gasteiger partial charge in [0.05, 0.1) is 11.4 Å². The molecule has 0 aliphatic heterocycles. The Kier molecular flexibility index (Phi) is 3.84. The molecule has 0 saturated heterocycles. The minimum absolute atomic E-state index is 0.115. The molecule has 3 rings (SSSR count). The summed E-state index contributed by atoms with van der Waals surface area (Å²) in [5.74, 6) is 0.571. The molecular formula is C14H14N2OS2. The zero-order chi connectivity index (χ0) is 13.1. The maximum Gasteiger partial charge on any atom is 0.230 e. The molecule has 3 nitrogen and oxygen atoms in total. The van der Waals surface area contributed by atoms with E-state index in [0.717, 1.165) is 28.4 Å². The van der Waals surface area contributed by atoms with Gasteiger partial charge in [0.25, 0.3) is 0 Å². The lowest BCUT2D eigenvalue weighted by Crippen LogP contribution is -2.26. The molecule has 1 fully saturated rings. The Morgan fingerprint density at radius 3 is 2.89 bits per heavy atom. The fourth-order valence-electron chi connectivity index (χ4n) is 1.69. The molecule has 98 valence electrons. The first kappa shape index (κ1) is 12.7. The van der Waals surface area contributed by atoms with Gasteiger partial charge in [-0.2, -0.15) is 0 Å². The van der Waals surface area contributed by atoms with Gasteiger partial charge in [-0.05, 0) is 12.8 Å². The van der Waals surface area contributed by atoms with Gasteiger partial charge in [-0.1, -0.05) is 42.1 Å². The van der Waals surface area contributed by atoms with Gasteiger partial charge in [0.2, 0.25) is 5.91 Å². The first-order chi connectivity index (χ1) is 9.31. The maximum atomic E-state index is 11.6. The lowest BCUT2D eigenvalue weighted by molar-refractivity contribution is -0.118. The number of aromatic nitrogens is 1. The van der Waals surface area contributed by atoms with Crippen molar-refractivity contribution < 1.29 is 4.79 Å². The monoisotopic (exact) mass is 290 g/mol. The molecular weight excluding hydrogens is 276 g/mol. The Balaban J connectivity index is 1.57. The molecule has 1 aliphatic carbocycles. The van der Waals surface area contributed by atoms with E-state index in [9.17, 15) is 4.79 Å². The lowest BCUT2D eigenvalue weighted by atomic mass is 10.2. The van der Waals surface area contributed by atoms with E-state index < -0.39 is 0 Å². The zero-order valence-electron chi connectivity index (χ0n) is 10.3.